The predicted molar refractivity (Wildman–Crippen MR) is 184 cm³/mol. The van der Waals surface area contributed by atoms with Crippen LogP contribution in [-0.4, -0.2) is 64.9 Å². The third-order valence-corrected chi connectivity index (χ3v) is 13.5. The fourth-order valence-corrected chi connectivity index (χ4v) is 11.7. The summed E-state index contributed by atoms with van der Waals surface area (Å²) in [6.07, 6.45) is -2.17. The van der Waals surface area contributed by atoms with Gasteiger partial charge in [-0.05, 0) is 83.1 Å². The second-order valence-corrected chi connectivity index (χ2v) is 17.4. The van der Waals surface area contributed by atoms with Crippen molar-refractivity contribution in [3.8, 4) is 0 Å². The number of nitrogens with zero attached hydrogens (tertiary/aromatic N) is 1. The Balaban J connectivity index is 0.00000401. The van der Waals surface area contributed by atoms with Crippen molar-refractivity contribution in [2.45, 2.75) is 76.7 Å². The summed E-state index contributed by atoms with van der Waals surface area (Å²) < 4.78 is 27.1. The number of hydrogen-bond donors (Lipinski definition) is 0. The van der Waals surface area contributed by atoms with Gasteiger partial charge in [-0.1, -0.05) is 66.7 Å². The lowest BCUT2D eigenvalue weighted by Crippen LogP contribution is -3.00. The Morgan fingerprint density at radius 3 is 1.54 bits per heavy atom. The van der Waals surface area contributed by atoms with Crippen molar-refractivity contribution in [1.29, 1.82) is 0 Å². The van der Waals surface area contributed by atoms with E-state index in [-0.39, 0.29) is 35.8 Å². The van der Waals surface area contributed by atoms with Crippen LogP contribution in [0.5, 0.6) is 0 Å². The maximum Gasteiger partial charge on any atom is 0.262 e. The first kappa shape index (κ1) is 34.9. The molecule has 7 rings (SSSR count). The molecule has 0 radical (unpaired) electrons. The number of fused-ring (bicyclic) bond motifs is 2. The van der Waals surface area contributed by atoms with E-state index in [1.54, 1.807) is 24.3 Å². The number of carbonyl (C=O) groups is 2. The summed E-state index contributed by atoms with van der Waals surface area (Å²) in [6.45, 7) is 9.58. The smallest absolute Gasteiger partial charge is 0.262 e. The van der Waals surface area contributed by atoms with Gasteiger partial charge in [0.25, 0.3) is 11.8 Å². The molecule has 3 aliphatic heterocycles. The number of rotatable bonds is 7. The molecule has 0 bridgehead atoms. The predicted octanol–water partition coefficient (Wildman–Crippen LogP) is 2.71. The van der Waals surface area contributed by atoms with Gasteiger partial charge >= 0.3 is 0 Å². The van der Waals surface area contributed by atoms with Crippen molar-refractivity contribution in [2.24, 2.45) is 0 Å². The maximum absolute atomic E-state index is 13.9. The molecule has 4 aromatic rings. The zero-order chi connectivity index (χ0) is 33.0. The minimum Gasteiger partial charge on any atom is -1.00 e. The molecule has 9 heteroatoms. The summed E-state index contributed by atoms with van der Waals surface area (Å²) in [5, 5.41) is 3.64. The van der Waals surface area contributed by atoms with Gasteiger partial charge in [-0.15, -0.1) is 0 Å². The Morgan fingerprint density at radius 1 is 0.688 bits per heavy atom. The molecule has 0 aromatic heterocycles. The molecular formula is C39H41INO6P. The molecule has 2 saturated heterocycles. The summed E-state index contributed by atoms with van der Waals surface area (Å²) in [5.41, 5.74) is 0.0791. The Kier molecular flexibility index (Phi) is 9.72. The molecule has 0 unspecified atom stereocenters. The fourth-order valence-electron chi connectivity index (χ4n) is 7.27. The highest BCUT2D eigenvalue weighted by Gasteiger charge is 2.63. The molecule has 0 aliphatic carbocycles. The monoisotopic (exact) mass is 777 g/mol. The lowest BCUT2D eigenvalue weighted by molar-refractivity contribution is -0.277. The summed E-state index contributed by atoms with van der Waals surface area (Å²) in [5.74, 6) is -1.75. The van der Waals surface area contributed by atoms with Crippen molar-refractivity contribution >= 4 is 35.0 Å². The molecule has 2 fully saturated rings. The zero-order valence-corrected chi connectivity index (χ0v) is 30.8. The molecule has 250 valence electrons. The van der Waals surface area contributed by atoms with E-state index in [2.05, 4.69) is 72.8 Å². The van der Waals surface area contributed by atoms with E-state index in [9.17, 15) is 9.59 Å². The molecule has 3 heterocycles. The van der Waals surface area contributed by atoms with Gasteiger partial charge in [-0.2, -0.15) is 0 Å². The summed E-state index contributed by atoms with van der Waals surface area (Å²) in [4.78, 5) is 29.2. The molecule has 48 heavy (non-hydrogen) atoms. The van der Waals surface area contributed by atoms with Crippen LogP contribution in [0.25, 0.3) is 0 Å². The average molecular weight is 778 g/mol. The zero-order valence-electron chi connectivity index (χ0n) is 27.8. The van der Waals surface area contributed by atoms with E-state index < -0.39 is 49.3 Å². The summed E-state index contributed by atoms with van der Waals surface area (Å²) in [6, 6.07) is 37.9. The molecule has 2 amide bonds. The summed E-state index contributed by atoms with van der Waals surface area (Å²) in [7, 11) is -2.37. The molecule has 0 spiro atoms. The van der Waals surface area contributed by atoms with Gasteiger partial charge in [-0.25, -0.2) is 0 Å². The number of benzene rings is 4. The Bertz CT molecular complexity index is 1630. The van der Waals surface area contributed by atoms with E-state index in [0.29, 0.717) is 17.3 Å². The first-order valence-corrected chi connectivity index (χ1v) is 18.2. The van der Waals surface area contributed by atoms with Crippen LogP contribution in [0.15, 0.2) is 115 Å². The van der Waals surface area contributed by atoms with Crippen LogP contribution in [0.3, 0.4) is 0 Å². The molecular weight excluding hydrogens is 736 g/mol. The standard InChI is InChI=1S/C39H41NO6P.HI/c1-38(2,3)46-37-32(40-35(41)29-23-15-16-24-30(29)36(40)42)34-33(44-39(4,5)45-34)31(43-37)25-47(26-17-9-6-10-18-26,27-19-11-7-12-20-27)28-21-13-8-14-22-28;/h6-24,31-34,37H,25H2,1-5H3;1H/q+1;/p-1/t31-,32-,33+,34-,37+;/m1./s1. The Hall–Kier alpha value is -2.98. The number of hydrogen-bond acceptors (Lipinski definition) is 6. The molecule has 4 aromatic carbocycles. The topological polar surface area (TPSA) is 74.3 Å². The van der Waals surface area contributed by atoms with Crippen molar-refractivity contribution in [2.75, 3.05) is 6.16 Å². The van der Waals surface area contributed by atoms with E-state index >= 15 is 0 Å². The normalized spacial score (nSPS) is 24.9. The van der Waals surface area contributed by atoms with E-state index in [4.69, 9.17) is 18.9 Å². The van der Waals surface area contributed by atoms with Crippen LogP contribution in [0.2, 0.25) is 0 Å². The first-order valence-electron chi connectivity index (χ1n) is 16.2. The SMILES string of the molecule is CC(C)(C)O[C@@H]1O[C@H](C[P+](c2ccccc2)(c2ccccc2)c2ccccc2)[C@@H]2OC(C)(C)O[C@@H]2[C@H]1N1C(=O)c2ccccc2C1=O.[I-]. The molecule has 3 aliphatic rings. The minimum atomic E-state index is -2.37. The lowest BCUT2D eigenvalue weighted by Gasteiger charge is -2.47. The molecule has 7 nitrogen and oxygen atoms in total. The van der Waals surface area contributed by atoms with Gasteiger partial charge in [0.05, 0.1) is 16.7 Å². The van der Waals surface area contributed by atoms with Gasteiger partial charge in [0.1, 0.15) is 53.7 Å². The Morgan fingerprint density at radius 2 is 1.10 bits per heavy atom. The maximum atomic E-state index is 13.9. The molecule has 5 atom stereocenters. The second-order valence-electron chi connectivity index (χ2n) is 13.9. The van der Waals surface area contributed by atoms with Crippen molar-refractivity contribution in [3.05, 3.63) is 126 Å². The molecule has 0 N–H and O–H groups in total. The van der Waals surface area contributed by atoms with Crippen molar-refractivity contribution in [1.82, 2.24) is 4.90 Å². The lowest BCUT2D eigenvalue weighted by atomic mass is 9.95. The fraction of sp³-hybridized carbons (Fsp3) is 0.333. The number of imide groups is 1. The quantitative estimate of drug-likeness (QED) is 0.164. The van der Waals surface area contributed by atoms with Crippen LogP contribution in [-0.2, 0) is 18.9 Å². The van der Waals surface area contributed by atoms with Crippen LogP contribution in [0, 0.1) is 0 Å². The number of amides is 2. The first-order chi connectivity index (χ1) is 22.5. The highest BCUT2D eigenvalue weighted by molar-refractivity contribution is 7.95. The van der Waals surface area contributed by atoms with Crippen LogP contribution in [0.4, 0.5) is 0 Å². The van der Waals surface area contributed by atoms with Gasteiger partial charge in [0.2, 0.25) is 0 Å². The van der Waals surface area contributed by atoms with Gasteiger partial charge in [0, 0.05) is 0 Å². The third-order valence-electron chi connectivity index (χ3n) is 9.09. The highest BCUT2D eigenvalue weighted by atomic mass is 127. The van der Waals surface area contributed by atoms with Crippen LogP contribution < -0.4 is 39.9 Å². The van der Waals surface area contributed by atoms with Crippen LogP contribution >= 0.6 is 7.26 Å². The summed E-state index contributed by atoms with van der Waals surface area (Å²) >= 11 is 0. The average Bonchev–Trinajstić information content (AvgIpc) is 3.52. The number of ether oxygens (including phenoxy) is 4. The molecule has 0 saturated carbocycles. The van der Waals surface area contributed by atoms with Gasteiger partial charge < -0.3 is 42.9 Å². The van der Waals surface area contributed by atoms with Crippen molar-refractivity contribution in [3.63, 3.8) is 0 Å². The Labute approximate surface area is 300 Å². The van der Waals surface area contributed by atoms with Gasteiger partial charge in [0.15, 0.2) is 12.1 Å². The van der Waals surface area contributed by atoms with E-state index in [1.807, 2.05) is 52.8 Å². The largest absolute Gasteiger partial charge is 1.00 e. The number of carbonyl (C=O) groups excluding carboxylic acids is 2. The third kappa shape index (κ3) is 6.28. The second kappa shape index (κ2) is 13.4. The van der Waals surface area contributed by atoms with Gasteiger partial charge in [-0.3, -0.25) is 14.5 Å². The van der Waals surface area contributed by atoms with E-state index in [1.165, 1.54) is 20.8 Å². The minimum absolute atomic E-state index is 0. The van der Waals surface area contributed by atoms with Crippen LogP contribution in [0.1, 0.15) is 55.3 Å². The van der Waals surface area contributed by atoms with Crippen molar-refractivity contribution < 1.29 is 52.5 Å². The van der Waals surface area contributed by atoms with E-state index in [0.717, 1.165) is 0 Å². The highest BCUT2D eigenvalue weighted by Crippen LogP contribution is 2.58. The number of halogens is 1.